The molecular weight excluding hydrogens is 264 g/mol. The van der Waals surface area contributed by atoms with Gasteiger partial charge in [-0.1, -0.05) is 30.3 Å². The topological polar surface area (TPSA) is 119 Å². The molecule has 0 unspecified atom stereocenters. The molecule has 1 rings (SSSR count). The molecule has 108 valence electrons. The Labute approximate surface area is 115 Å². The minimum Gasteiger partial charge on any atom is -0.481 e. The summed E-state index contributed by atoms with van der Waals surface area (Å²) in [6, 6.07) is 7.90. The average molecular weight is 280 g/mol. The predicted molar refractivity (Wildman–Crippen MR) is 69.6 cm³/mol. The zero-order chi connectivity index (χ0) is 15.0. The van der Waals surface area contributed by atoms with Crippen molar-refractivity contribution in [2.45, 2.75) is 25.5 Å². The Morgan fingerprint density at radius 1 is 1.25 bits per heavy atom. The average Bonchev–Trinajstić information content (AvgIpc) is 2.43. The minimum atomic E-state index is -1.06. The molecule has 0 saturated carbocycles. The van der Waals surface area contributed by atoms with Gasteiger partial charge in [-0.2, -0.15) is 0 Å². The molecule has 0 radical (unpaired) electrons. The molecule has 7 nitrogen and oxygen atoms in total. The number of carbonyl (C=O) groups is 3. The highest BCUT2D eigenvalue weighted by molar-refractivity contribution is 5.94. The number of rotatable bonds is 6. The third-order valence-electron chi connectivity index (χ3n) is 2.44. The number of benzene rings is 1. The van der Waals surface area contributed by atoms with Crippen LogP contribution in [0, 0.1) is 0 Å². The van der Waals surface area contributed by atoms with Gasteiger partial charge in [-0.3, -0.25) is 14.9 Å². The molecule has 0 aliphatic heterocycles. The maximum atomic E-state index is 11.4. The zero-order valence-electron chi connectivity index (χ0n) is 10.7. The summed E-state index contributed by atoms with van der Waals surface area (Å²) in [4.78, 5) is 33.1. The summed E-state index contributed by atoms with van der Waals surface area (Å²) in [5, 5.41) is 10.4. The van der Waals surface area contributed by atoms with Gasteiger partial charge in [0.05, 0.1) is 6.04 Å². The van der Waals surface area contributed by atoms with E-state index in [9.17, 15) is 14.4 Å². The molecule has 0 saturated heterocycles. The molecule has 0 heterocycles. The van der Waals surface area contributed by atoms with Crippen molar-refractivity contribution in [1.82, 2.24) is 5.32 Å². The number of carboxylic acid groups (broad SMARTS) is 1. The number of carbonyl (C=O) groups excluding carboxylic acids is 2. The van der Waals surface area contributed by atoms with Gasteiger partial charge < -0.3 is 15.6 Å². The second-order valence-corrected chi connectivity index (χ2v) is 4.09. The van der Waals surface area contributed by atoms with Crippen LogP contribution in [0.2, 0.25) is 0 Å². The largest absolute Gasteiger partial charge is 0.481 e. The molecule has 0 fully saturated rings. The fraction of sp³-hybridized carbons (Fsp3) is 0.308. The molecule has 2 amide bonds. The molecule has 0 aromatic heterocycles. The molecule has 20 heavy (non-hydrogen) atoms. The summed E-state index contributed by atoms with van der Waals surface area (Å²) in [5.41, 5.74) is 6.22. The van der Waals surface area contributed by atoms with Gasteiger partial charge in [-0.05, 0) is 12.0 Å². The van der Waals surface area contributed by atoms with E-state index >= 15 is 0 Å². The molecule has 1 aromatic rings. The highest BCUT2D eigenvalue weighted by Gasteiger charge is 2.17. The van der Waals surface area contributed by atoms with Crippen molar-refractivity contribution in [3.05, 3.63) is 35.9 Å². The van der Waals surface area contributed by atoms with Crippen molar-refractivity contribution in [1.29, 1.82) is 0 Å². The molecule has 0 aliphatic rings. The number of carboxylic acids is 1. The fourth-order valence-electron chi connectivity index (χ4n) is 1.36. The summed E-state index contributed by atoms with van der Waals surface area (Å²) >= 11 is 0. The van der Waals surface area contributed by atoms with Crippen molar-refractivity contribution < 1.29 is 24.2 Å². The lowest BCUT2D eigenvalue weighted by Gasteiger charge is -2.10. The van der Waals surface area contributed by atoms with Crippen molar-refractivity contribution >= 4 is 18.0 Å². The Balaban J connectivity index is 2.31. The van der Waals surface area contributed by atoms with Gasteiger partial charge in [0, 0.05) is 6.42 Å². The molecule has 4 N–H and O–H groups in total. The maximum Gasteiger partial charge on any atom is 0.414 e. The van der Waals surface area contributed by atoms with Crippen molar-refractivity contribution in [2.75, 3.05) is 0 Å². The molecule has 7 heteroatoms. The first-order valence-corrected chi connectivity index (χ1v) is 5.98. The first kappa shape index (κ1) is 15.6. The lowest BCUT2D eigenvalue weighted by molar-refractivity contribution is -0.137. The molecule has 0 spiro atoms. The van der Waals surface area contributed by atoms with Crippen molar-refractivity contribution in [3.8, 4) is 0 Å². The third-order valence-corrected chi connectivity index (χ3v) is 2.44. The normalized spacial score (nSPS) is 11.4. The number of ether oxygens (including phenoxy) is 1. The van der Waals surface area contributed by atoms with E-state index < -0.39 is 24.0 Å². The van der Waals surface area contributed by atoms with Crippen LogP contribution in [0.15, 0.2) is 30.3 Å². The fourth-order valence-corrected chi connectivity index (χ4v) is 1.36. The van der Waals surface area contributed by atoms with E-state index in [-0.39, 0.29) is 19.4 Å². The van der Waals surface area contributed by atoms with Crippen LogP contribution >= 0.6 is 0 Å². The van der Waals surface area contributed by atoms with E-state index in [1.54, 1.807) is 24.3 Å². The standard InChI is InChI=1S/C13H16N2O5/c14-10(6-7-11(16)17)12(18)15-13(19)20-8-9-4-2-1-3-5-9/h1-5,10H,6-8,14H2,(H,16,17)(H,15,18,19)/t10-/m0/s1. The van der Waals surface area contributed by atoms with E-state index in [2.05, 4.69) is 0 Å². The summed E-state index contributed by atoms with van der Waals surface area (Å²) in [5.74, 6) is -1.82. The second kappa shape index (κ2) is 7.90. The lowest BCUT2D eigenvalue weighted by Crippen LogP contribution is -2.43. The SMILES string of the molecule is N[C@@H](CCC(=O)O)C(=O)NC(=O)OCc1ccccc1. The second-order valence-electron chi connectivity index (χ2n) is 4.09. The lowest BCUT2D eigenvalue weighted by atomic mass is 10.1. The number of nitrogens with two attached hydrogens (primary N) is 1. The van der Waals surface area contributed by atoms with Gasteiger partial charge in [-0.25, -0.2) is 4.79 Å². The van der Waals surface area contributed by atoms with Gasteiger partial charge >= 0.3 is 12.1 Å². The van der Waals surface area contributed by atoms with Gasteiger partial charge in [0.2, 0.25) is 5.91 Å². The predicted octanol–water partition coefficient (Wildman–Crippen LogP) is 0.632. The van der Waals surface area contributed by atoms with Crippen LogP contribution in [0.4, 0.5) is 4.79 Å². The molecule has 1 atom stereocenters. The molecule has 0 bridgehead atoms. The summed E-state index contributed by atoms with van der Waals surface area (Å²) in [6.45, 7) is 0.0321. The van der Waals surface area contributed by atoms with E-state index in [4.69, 9.17) is 15.6 Å². The Hall–Kier alpha value is -2.41. The number of amides is 2. The van der Waals surface area contributed by atoms with Crippen molar-refractivity contribution in [2.24, 2.45) is 5.73 Å². The van der Waals surface area contributed by atoms with Crippen LogP contribution in [0.1, 0.15) is 18.4 Å². The molecular formula is C13H16N2O5. The Morgan fingerprint density at radius 2 is 1.90 bits per heavy atom. The smallest absolute Gasteiger partial charge is 0.414 e. The number of hydrogen-bond donors (Lipinski definition) is 3. The van der Waals surface area contributed by atoms with E-state index in [0.29, 0.717) is 0 Å². The first-order chi connectivity index (χ1) is 9.49. The summed E-state index contributed by atoms with van der Waals surface area (Å²) < 4.78 is 4.83. The maximum absolute atomic E-state index is 11.4. The first-order valence-electron chi connectivity index (χ1n) is 5.98. The third kappa shape index (κ3) is 5.96. The Bertz CT molecular complexity index is 475. The monoisotopic (exact) mass is 280 g/mol. The summed E-state index contributed by atoms with van der Waals surface area (Å²) in [6.07, 6.45) is -1.20. The molecule has 1 aromatic carbocycles. The van der Waals surface area contributed by atoms with Crippen LogP contribution in [0.3, 0.4) is 0 Å². The number of alkyl carbamates (subject to hydrolysis) is 1. The van der Waals surface area contributed by atoms with Gasteiger partial charge in [0.15, 0.2) is 0 Å². The minimum absolute atomic E-state index is 0.0321. The van der Waals surface area contributed by atoms with Crippen LogP contribution < -0.4 is 11.1 Å². The van der Waals surface area contributed by atoms with Crippen molar-refractivity contribution in [3.63, 3.8) is 0 Å². The number of imide groups is 1. The van der Waals surface area contributed by atoms with Gasteiger partial charge in [0.25, 0.3) is 0 Å². The number of aliphatic carboxylic acids is 1. The van der Waals surface area contributed by atoms with Crippen LogP contribution in [0.25, 0.3) is 0 Å². The molecule has 0 aliphatic carbocycles. The van der Waals surface area contributed by atoms with E-state index in [0.717, 1.165) is 5.56 Å². The quantitative estimate of drug-likeness (QED) is 0.703. The van der Waals surface area contributed by atoms with Crippen LogP contribution in [-0.2, 0) is 20.9 Å². The van der Waals surface area contributed by atoms with Crippen LogP contribution in [0.5, 0.6) is 0 Å². The van der Waals surface area contributed by atoms with E-state index in [1.165, 1.54) is 0 Å². The summed E-state index contributed by atoms with van der Waals surface area (Å²) in [7, 11) is 0. The van der Waals surface area contributed by atoms with Gasteiger partial charge in [0.1, 0.15) is 6.61 Å². The van der Waals surface area contributed by atoms with E-state index in [1.807, 2.05) is 11.4 Å². The Morgan fingerprint density at radius 3 is 2.50 bits per heavy atom. The zero-order valence-corrected chi connectivity index (χ0v) is 10.7. The Kier molecular flexibility index (Phi) is 6.18. The van der Waals surface area contributed by atoms with Crippen LogP contribution in [-0.4, -0.2) is 29.1 Å². The number of hydrogen-bond acceptors (Lipinski definition) is 5. The number of nitrogens with one attached hydrogen (secondary N) is 1. The van der Waals surface area contributed by atoms with Gasteiger partial charge in [-0.15, -0.1) is 0 Å². The highest BCUT2D eigenvalue weighted by atomic mass is 16.5. The highest BCUT2D eigenvalue weighted by Crippen LogP contribution is 2.01.